The summed E-state index contributed by atoms with van der Waals surface area (Å²) in [4.78, 5) is 21.9. The van der Waals surface area contributed by atoms with E-state index < -0.39 is 20.7 Å². The number of primary sulfonamides is 1. The number of hydrogen-bond acceptors (Lipinski definition) is 5. The number of hydrogen-bond donors (Lipinski definition) is 1. The Hall–Kier alpha value is -3.67. The average Bonchev–Trinajstić information content (AvgIpc) is 3.49. The van der Waals surface area contributed by atoms with Crippen LogP contribution >= 0.6 is 0 Å². The molecule has 3 aromatic carbocycles. The van der Waals surface area contributed by atoms with E-state index in [2.05, 4.69) is 34.6 Å². The molecule has 46 heavy (non-hydrogen) atoms. The van der Waals surface area contributed by atoms with Gasteiger partial charge < -0.3 is 9.47 Å². The summed E-state index contributed by atoms with van der Waals surface area (Å²) in [6, 6.07) is 19.8. The Bertz CT molecular complexity index is 1890. The second-order valence-electron chi connectivity index (χ2n) is 13.3. The van der Waals surface area contributed by atoms with Crippen LogP contribution in [-0.2, 0) is 15.4 Å². The number of fused-ring (bicyclic) bond motifs is 3. The first-order valence-electron chi connectivity index (χ1n) is 16.1. The second-order valence-corrected chi connectivity index (χ2v) is 14.8. The highest BCUT2D eigenvalue weighted by Crippen LogP contribution is 2.45. The smallest absolute Gasteiger partial charge is 0.253 e. The molecule has 0 saturated carbocycles. The minimum Gasteiger partial charge on any atom is -0.339 e. The first-order chi connectivity index (χ1) is 22.0. The van der Waals surface area contributed by atoms with Crippen LogP contribution in [0.5, 0.6) is 0 Å². The van der Waals surface area contributed by atoms with E-state index in [9.17, 15) is 22.0 Å². The van der Waals surface area contributed by atoms with Crippen molar-refractivity contribution in [2.24, 2.45) is 5.14 Å². The lowest BCUT2D eigenvalue weighted by Crippen LogP contribution is -2.49. The van der Waals surface area contributed by atoms with Gasteiger partial charge in [0.15, 0.2) is 0 Å². The lowest BCUT2D eigenvalue weighted by Gasteiger charge is -2.45. The van der Waals surface area contributed by atoms with Crippen molar-refractivity contribution in [2.75, 3.05) is 19.6 Å². The number of rotatable bonds is 7. The molecule has 1 amide bonds. The largest absolute Gasteiger partial charge is 0.339 e. The van der Waals surface area contributed by atoms with E-state index in [1.807, 2.05) is 12.1 Å². The summed E-state index contributed by atoms with van der Waals surface area (Å²) in [5, 5.41) is 5.17. The van der Waals surface area contributed by atoms with Crippen LogP contribution in [0.4, 0.5) is 8.78 Å². The van der Waals surface area contributed by atoms with Crippen molar-refractivity contribution in [3.63, 3.8) is 0 Å². The quantitative estimate of drug-likeness (QED) is 0.277. The molecule has 3 aliphatic heterocycles. The molecule has 242 valence electrons. The number of piperidine rings is 2. The van der Waals surface area contributed by atoms with Gasteiger partial charge in [-0.25, -0.2) is 27.3 Å². The topological polar surface area (TPSA) is 102 Å². The highest BCUT2D eigenvalue weighted by molar-refractivity contribution is 7.89. The van der Waals surface area contributed by atoms with E-state index in [0.29, 0.717) is 44.1 Å². The van der Waals surface area contributed by atoms with Crippen molar-refractivity contribution >= 4 is 27.0 Å². The van der Waals surface area contributed by atoms with E-state index >= 15 is 0 Å². The predicted octanol–water partition coefficient (Wildman–Crippen LogP) is 5.70. The maximum Gasteiger partial charge on any atom is 0.253 e. The zero-order valence-corrected chi connectivity index (χ0v) is 26.7. The molecule has 3 fully saturated rings. The number of para-hydroxylation sites is 2. The monoisotopic (exact) mass is 647 g/mol. The minimum absolute atomic E-state index is 0.0732. The molecule has 8 nitrogen and oxygen atoms in total. The van der Waals surface area contributed by atoms with E-state index in [4.69, 9.17) is 10.1 Å². The Morgan fingerprint density at radius 1 is 0.957 bits per heavy atom. The number of likely N-dealkylation sites (tertiary alicyclic amines) is 1. The lowest BCUT2D eigenvalue weighted by atomic mass is 9.70. The summed E-state index contributed by atoms with van der Waals surface area (Å²) in [6.45, 7) is 3.83. The first-order valence-corrected chi connectivity index (χ1v) is 17.6. The number of amides is 1. The van der Waals surface area contributed by atoms with E-state index in [-0.39, 0.29) is 22.7 Å². The SMILES string of the molecule is Cc1nc2ccccc2n1C1C[C@H]2CC[C@@H](C1)N2CCC1(c2cccc(F)c2)CCN(C(=O)c2ccc(F)c(S(N)(=O)=O)c2)CC1. The number of imidazole rings is 1. The molecule has 7 rings (SSSR count). The van der Waals surface area contributed by atoms with Gasteiger partial charge in [-0.3, -0.25) is 9.69 Å². The maximum atomic E-state index is 14.6. The summed E-state index contributed by atoms with van der Waals surface area (Å²) in [7, 11) is -4.32. The third-order valence-corrected chi connectivity index (χ3v) is 11.7. The lowest BCUT2D eigenvalue weighted by molar-refractivity contribution is 0.0606. The number of halogens is 2. The van der Waals surface area contributed by atoms with Crippen LogP contribution in [0.15, 0.2) is 71.6 Å². The van der Waals surface area contributed by atoms with Gasteiger partial charge in [0.2, 0.25) is 10.0 Å². The molecule has 2 N–H and O–H groups in total. The number of carbonyl (C=O) groups excluding carboxylic acids is 1. The van der Waals surface area contributed by atoms with Gasteiger partial charge >= 0.3 is 0 Å². The van der Waals surface area contributed by atoms with Crippen LogP contribution in [-0.4, -0.2) is 65.4 Å². The Morgan fingerprint density at radius 3 is 2.37 bits per heavy atom. The summed E-state index contributed by atoms with van der Waals surface area (Å²) < 4.78 is 54.8. The number of aryl methyl sites for hydroxylation is 1. The number of aromatic nitrogens is 2. The van der Waals surface area contributed by atoms with Crippen molar-refractivity contribution in [3.05, 3.63) is 95.3 Å². The molecule has 2 bridgehead atoms. The fourth-order valence-corrected chi connectivity index (χ4v) is 9.10. The fraction of sp³-hybridized carbons (Fsp3) is 0.429. The zero-order chi connectivity index (χ0) is 32.2. The van der Waals surface area contributed by atoms with Gasteiger partial charge in [0.25, 0.3) is 5.91 Å². The summed E-state index contributed by atoms with van der Waals surface area (Å²) >= 11 is 0. The zero-order valence-electron chi connectivity index (χ0n) is 25.9. The van der Waals surface area contributed by atoms with Crippen molar-refractivity contribution in [1.82, 2.24) is 19.4 Å². The highest BCUT2D eigenvalue weighted by Gasteiger charge is 2.44. The van der Waals surface area contributed by atoms with Gasteiger partial charge in [0, 0.05) is 36.8 Å². The van der Waals surface area contributed by atoms with E-state index in [1.54, 1.807) is 17.0 Å². The number of nitrogens with zero attached hydrogens (tertiary/aromatic N) is 4. The van der Waals surface area contributed by atoms with Crippen LogP contribution in [0.2, 0.25) is 0 Å². The Balaban J connectivity index is 1.08. The predicted molar refractivity (Wildman–Crippen MR) is 172 cm³/mol. The number of sulfonamides is 1. The minimum atomic E-state index is -4.32. The molecule has 4 heterocycles. The third-order valence-electron chi connectivity index (χ3n) is 10.8. The summed E-state index contributed by atoms with van der Waals surface area (Å²) in [5.74, 6) is -0.581. The number of nitrogens with two attached hydrogens (primary N) is 1. The second kappa shape index (κ2) is 11.8. The van der Waals surface area contributed by atoms with Crippen LogP contribution in [0.1, 0.15) is 72.7 Å². The summed E-state index contributed by atoms with van der Waals surface area (Å²) in [5.41, 5.74) is 2.94. The van der Waals surface area contributed by atoms with Gasteiger partial charge in [-0.2, -0.15) is 0 Å². The fourth-order valence-electron chi connectivity index (χ4n) is 8.47. The molecule has 3 atom stereocenters. The average molecular weight is 648 g/mol. The van der Waals surface area contributed by atoms with E-state index in [1.165, 1.54) is 30.5 Å². The Labute approximate surface area is 268 Å². The van der Waals surface area contributed by atoms with Crippen molar-refractivity contribution in [2.45, 2.75) is 80.3 Å². The first kappa shape index (κ1) is 31.0. The van der Waals surface area contributed by atoms with E-state index in [0.717, 1.165) is 54.8 Å². The highest BCUT2D eigenvalue weighted by atomic mass is 32.2. The van der Waals surface area contributed by atoms with Crippen LogP contribution in [0.3, 0.4) is 0 Å². The molecule has 3 aliphatic rings. The van der Waals surface area contributed by atoms with Crippen molar-refractivity contribution in [1.29, 1.82) is 0 Å². The van der Waals surface area contributed by atoms with Gasteiger partial charge in [-0.1, -0.05) is 24.3 Å². The van der Waals surface area contributed by atoms with Gasteiger partial charge in [-0.05, 0) is 112 Å². The Kier molecular flexibility index (Phi) is 7.97. The van der Waals surface area contributed by atoms with Crippen LogP contribution in [0.25, 0.3) is 11.0 Å². The van der Waals surface area contributed by atoms with Gasteiger partial charge in [0.1, 0.15) is 22.4 Å². The third kappa shape index (κ3) is 5.62. The molecule has 4 aromatic rings. The van der Waals surface area contributed by atoms with Crippen molar-refractivity contribution in [3.8, 4) is 0 Å². The Morgan fingerprint density at radius 2 is 1.67 bits per heavy atom. The van der Waals surface area contributed by atoms with Crippen LogP contribution < -0.4 is 5.14 Å². The number of benzene rings is 3. The summed E-state index contributed by atoms with van der Waals surface area (Å²) in [6.07, 6.45) is 6.60. The molecular weight excluding hydrogens is 608 g/mol. The van der Waals surface area contributed by atoms with Crippen LogP contribution in [0, 0.1) is 18.6 Å². The molecule has 3 saturated heterocycles. The standard InChI is InChI=1S/C35H39F2N5O3S/c1-23-39-31-7-2-3-8-32(31)42(23)29-21-27-10-11-28(22-29)41(27)18-15-35(25-5-4-6-26(36)20-25)13-16-40(17-14-35)34(43)24-9-12-30(37)33(19-24)46(38,44)45/h2-9,12,19-20,27-29H,10-11,13-18,21-22H2,1H3,(H2,38,44,45)/t27-,28+,29?. The maximum absolute atomic E-state index is 14.6. The normalized spacial score (nSPS) is 23.2. The molecule has 0 spiro atoms. The molecule has 11 heteroatoms. The molecule has 0 radical (unpaired) electrons. The molecule has 0 aliphatic carbocycles. The molecule has 1 aromatic heterocycles. The molecular formula is C35H39F2N5O3S. The van der Waals surface area contributed by atoms with Crippen molar-refractivity contribution < 1.29 is 22.0 Å². The van der Waals surface area contributed by atoms with Gasteiger partial charge in [-0.15, -0.1) is 0 Å². The molecule has 1 unspecified atom stereocenters. The van der Waals surface area contributed by atoms with Gasteiger partial charge in [0.05, 0.1) is 11.0 Å². The number of carbonyl (C=O) groups is 1.